The fourth-order valence-electron chi connectivity index (χ4n) is 2.25. The van der Waals surface area contributed by atoms with E-state index >= 15 is 0 Å². The number of nitrogens with one attached hydrogen (secondary N) is 2. The van der Waals surface area contributed by atoms with Crippen molar-refractivity contribution < 1.29 is 4.74 Å². The molecule has 1 aromatic carbocycles. The van der Waals surface area contributed by atoms with Gasteiger partial charge in [-0.1, -0.05) is 17.7 Å². The lowest BCUT2D eigenvalue weighted by atomic mass is 10.3. The SMILES string of the molecule is CC(Oc1cccc(Cl)c1)c1nc(N2CCNCC2)n[nH]1. The van der Waals surface area contributed by atoms with Crippen LogP contribution >= 0.6 is 11.6 Å². The molecule has 0 radical (unpaired) electrons. The lowest BCUT2D eigenvalue weighted by Crippen LogP contribution is -2.44. The van der Waals surface area contributed by atoms with Gasteiger partial charge in [-0.2, -0.15) is 4.98 Å². The Morgan fingerprint density at radius 2 is 2.14 bits per heavy atom. The Labute approximate surface area is 128 Å². The van der Waals surface area contributed by atoms with Crippen LogP contribution in [0.25, 0.3) is 0 Å². The van der Waals surface area contributed by atoms with Crippen molar-refractivity contribution >= 4 is 17.5 Å². The first-order valence-corrected chi connectivity index (χ1v) is 7.40. The molecule has 1 saturated heterocycles. The van der Waals surface area contributed by atoms with Gasteiger partial charge in [0.1, 0.15) is 5.75 Å². The number of ether oxygens (including phenoxy) is 1. The maximum absolute atomic E-state index is 5.95. The number of benzene rings is 1. The molecular weight excluding hydrogens is 290 g/mol. The second-order valence-corrected chi connectivity index (χ2v) is 5.41. The molecule has 0 bridgehead atoms. The molecule has 3 rings (SSSR count). The normalized spacial score (nSPS) is 16.8. The highest BCUT2D eigenvalue weighted by molar-refractivity contribution is 6.30. The largest absolute Gasteiger partial charge is 0.483 e. The van der Waals surface area contributed by atoms with E-state index in [-0.39, 0.29) is 6.10 Å². The van der Waals surface area contributed by atoms with Crippen molar-refractivity contribution in [1.82, 2.24) is 20.5 Å². The van der Waals surface area contributed by atoms with Crippen LogP contribution in [-0.2, 0) is 0 Å². The summed E-state index contributed by atoms with van der Waals surface area (Å²) >= 11 is 5.95. The number of aromatic nitrogens is 3. The van der Waals surface area contributed by atoms with Crippen molar-refractivity contribution in [3.63, 3.8) is 0 Å². The number of anilines is 1. The predicted molar refractivity (Wildman–Crippen MR) is 82.0 cm³/mol. The summed E-state index contributed by atoms with van der Waals surface area (Å²) in [5.74, 6) is 2.16. The first-order valence-electron chi connectivity index (χ1n) is 7.02. The van der Waals surface area contributed by atoms with Crippen LogP contribution in [-0.4, -0.2) is 41.4 Å². The number of rotatable bonds is 4. The summed E-state index contributed by atoms with van der Waals surface area (Å²) in [4.78, 5) is 6.68. The quantitative estimate of drug-likeness (QED) is 0.904. The molecule has 1 fully saturated rings. The molecule has 1 aliphatic heterocycles. The molecular formula is C14H18ClN5O. The highest BCUT2D eigenvalue weighted by Crippen LogP contribution is 2.23. The van der Waals surface area contributed by atoms with Gasteiger partial charge in [0.05, 0.1) is 0 Å². The van der Waals surface area contributed by atoms with Gasteiger partial charge in [0, 0.05) is 31.2 Å². The number of piperazine rings is 1. The third kappa shape index (κ3) is 3.46. The van der Waals surface area contributed by atoms with Crippen LogP contribution in [0.5, 0.6) is 5.75 Å². The van der Waals surface area contributed by atoms with Gasteiger partial charge in [-0.25, -0.2) is 0 Å². The molecule has 1 unspecified atom stereocenters. The maximum atomic E-state index is 5.95. The summed E-state index contributed by atoms with van der Waals surface area (Å²) < 4.78 is 5.83. The van der Waals surface area contributed by atoms with E-state index in [9.17, 15) is 0 Å². The van der Waals surface area contributed by atoms with E-state index in [0.717, 1.165) is 37.9 Å². The fourth-order valence-corrected chi connectivity index (χ4v) is 2.43. The summed E-state index contributed by atoms with van der Waals surface area (Å²) in [6.07, 6.45) is -0.215. The van der Waals surface area contributed by atoms with Gasteiger partial charge in [-0.15, -0.1) is 5.10 Å². The minimum atomic E-state index is -0.215. The molecule has 112 valence electrons. The Hall–Kier alpha value is -1.79. The molecule has 1 aromatic heterocycles. The van der Waals surface area contributed by atoms with E-state index in [1.165, 1.54) is 0 Å². The third-order valence-electron chi connectivity index (χ3n) is 3.38. The average molecular weight is 308 g/mol. The number of aromatic amines is 1. The molecule has 21 heavy (non-hydrogen) atoms. The zero-order chi connectivity index (χ0) is 14.7. The van der Waals surface area contributed by atoms with Crippen molar-refractivity contribution in [2.75, 3.05) is 31.1 Å². The van der Waals surface area contributed by atoms with Crippen molar-refractivity contribution in [3.05, 3.63) is 35.1 Å². The van der Waals surface area contributed by atoms with E-state index in [4.69, 9.17) is 16.3 Å². The second-order valence-electron chi connectivity index (χ2n) is 4.98. The van der Waals surface area contributed by atoms with Crippen LogP contribution < -0.4 is 15.0 Å². The Morgan fingerprint density at radius 3 is 2.90 bits per heavy atom. The van der Waals surface area contributed by atoms with Gasteiger partial charge in [0.2, 0.25) is 5.95 Å². The van der Waals surface area contributed by atoms with Crippen molar-refractivity contribution in [3.8, 4) is 5.75 Å². The summed E-state index contributed by atoms with van der Waals surface area (Å²) in [5.41, 5.74) is 0. The first kappa shape index (κ1) is 14.2. The van der Waals surface area contributed by atoms with E-state index < -0.39 is 0 Å². The zero-order valence-corrected chi connectivity index (χ0v) is 12.6. The van der Waals surface area contributed by atoms with E-state index in [2.05, 4.69) is 25.4 Å². The van der Waals surface area contributed by atoms with Gasteiger partial charge in [-0.3, -0.25) is 5.10 Å². The van der Waals surface area contributed by atoms with Crippen LogP contribution in [0.2, 0.25) is 5.02 Å². The van der Waals surface area contributed by atoms with Crippen LogP contribution in [0.1, 0.15) is 18.9 Å². The Kier molecular flexibility index (Phi) is 4.26. The van der Waals surface area contributed by atoms with Crippen LogP contribution in [0.15, 0.2) is 24.3 Å². The highest BCUT2D eigenvalue weighted by Gasteiger charge is 2.18. The molecule has 1 atom stereocenters. The molecule has 0 saturated carbocycles. The van der Waals surface area contributed by atoms with Crippen molar-refractivity contribution in [2.24, 2.45) is 0 Å². The van der Waals surface area contributed by atoms with E-state index in [1.807, 2.05) is 25.1 Å². The molecule has 2 heterocycles. The summed E-state index contributed by atoms with van der Waals surface area (Å²) in [6, 6.07) is 7.33. The number of H-pyrrole nitrogens is 1. The highest BCUT2D eigenvalue weighted by atomic mass is 35.5. The van der Waals surface area contributed by atoms with Crippen LogP contribution in [0.4, 0.5) is 5.95 Å². The Morgan fingerprint density at radius 1 is 1.33 bits per heavy atom. The Balaban J connectivity index is 1.67. The monoisotopic (exact) mass is 307 g/mol. The average Bonchev–Trinajstić information content (AvgIpc) is 2.98. The lowest BCUT2D eigenvalue weighted by Gasteiger charge is -2.25. The van der Waals surface area contributed by atoms with Crippen LogP contribution in [0, 0.1) is 0 Å². The van der Waals surface area contributed by atoms with E-state index in [0.29, 0.717) is 10.8 Å². The smallest absolute Gasteiger partial charge is 0.244 e. The molecule has 0 spiro atoms. The molecule has 2 N–H and O–H groups in total. The second kappa shape index (κ2) is 6.32. The molecule has 2 aromatic rings. The van der Waals surface area contributed by atoms with Gasteiger partial charge >= 0.3 is 0 Å². The van der Waals surface area contributed by atoms with Gasteiger partial charge in [0.25, 0.3) is 0 Å². The number of halogens is 1. The number of hydrogen-bond donors (Lipinski definition) is 2. The molecule has 0 amide bonds. The number of hydrogen-bond acceptors (Lipinski definition) is 5. The van der Waals surface area contributed by atoms with Gasteiger partial charge in [0.15, 0.2) is 11.9 Å². The third-order valence-corrected chi connectivity index (χ3v) is 3.62. The summed E-state index contributed by atoms with van der Waals surface area (Å²) in [7, 11) is 0. The molecule has 6 nitrogen and oxygen atoms in total. The predicted octanol–water partition coefficient (Wildman–Crippen LogP) is 2.01. The fraction of sp³-hybridized carbons (Fsp3) is 0.429. The van der Waals surface area contributed by atoms with Crippen molar-refractivity contribution in [1.29, 1.82) is 0 Å². The number of nitrogens with zero attached hydrogens (tertiary/aromatic N) is 3. The Bertz CT molecular complexity index is 597. The maximum Gasteiger partial charge on any atom is 0.244 e. The minimum absolute atomic E-state index is 0.215. The first-order chi connectivity index (χ1) is 10.2. The summed E-state index contributed by atoms with van der Waals surface area (Å²) in [6.45, 7) is 5.68. The minimum Gasteiger partial charge on any atom is -0.483 e. The van der Waals surface area contributed by atoms with E-state index in [1.54, 1.807) is 6.07 Å². The van der Waals surface area contributed by atoms with Gasteiger partial charge < -0.3 is 15.0 Å². The molecule has 7 heteroatoms. The van der Waals surface area contributed by atoms with Crippen LogP contribution in [0.3, 0.4) is 0 Å². The standard InChI is InChI=1S/C14H18ClN5O/c1-10(21-12-4-2-3-11(15)9-12)13-17-14(19-18-13)20-7-5-16-6-8-20/h2-4,9-10,16H,5-8H2,1H3,(H,17,18,19). The molecule has 0 aliphatic carbocycles. The lowest BCUT2D eigenvalue weighted by molar-refractivity contribution is 0.217. The summed E-state index contributed by atoms with van der Waals surface area (Å²) in [5, 5.41) is 11.2. The van der Waals surface area contributed by atoms with Crippen molar-refractivity contribution in [2.45, 2.75) is 13.0 Å². The molecule has 1 aliphatic rings. The van der Waals surface area contributed by atoms with Gasteiger partial charge in [-0.05, 0) is 25.1 Å². The topological polar surface area (TPSA) is 66.1 Å². The zero-order valence-electron chi connectivity index (χ0n) is 11.8.